The Hall–Kier alpha value is -0.903. The zero-order valence-electron chi connectivity index (χ0n) is 14.5. The quantitative estimate of drug-likeness (QED) is 0.285. The van der Waals surface area contributed by atoms with E-state index < -0.39 is 8.32 Å². The molecule has 1 rings (SSSR count). The van der Waals surface area contributed by atoms with Crippen LogP contribution in [-0.4, -0.2) is 21.0 Å². The van der Waals surface area contributed by atoms with E-state index in [1.54, 1.807) is 0 Å². The summed E-state index contributed by atoms with van der Waals surface area (Å²) in [5.41, 5.74) is 1.23. The second-order valence-corrected chi connectivity index (χ2v) is 10.6. The summed E-state index contributed by atoms with van der Waals surface area (Å²) in [6.45, 7) is 12.1. The molecule has 0 N–H and O–H groups in total. The maximum atomic E-state index is 6.57. The summed E-state index contributed by atoms with van der Waals surface area (Å²) in [7, 11) is -1.55. The summed E-state index contributed by atoms with van der Waals surface area (Å²) in [5.74, 6) is 0. The van der Waals surface area contributed by atoms with Crippen LogP contribution in [-0.2, 0) is 15.8 Å². The monoisotopic (exact) mass is 320 g/mol. The SMILES string of the molecule is C=CC[C@H](CCOCc1ccccc1)O[Si](CC)(CC)CC. The molecule has 0 saturated heterocycles. The molecular formula is C19H32O2Si. The van der Waals surface area contributed by atoms with E-state index in [0.717, 1.165) is 19.4 Å². The number of rotatable bonds is 12. The van der Waals surface area contributed by atoms with Crippen LogP contribution >= 0.6 is 0 Å². The maximum absolute atomic E-state index is 6.57. The number of ether oxygens (including phenoxy) is 1. The van der Waals surface area contributed by atoms with E-state index in [4.69, 9.17) is 9.16 Å². The summed E-state index contributed by atoms with van der Waals surface area (Å²) < 4.78 is 12.4. The summed E-state index contributed by atoms with van der Waals surface area (Å²) >= 11 is 0. The van der Waals surface area contributed by atoms with Gasteiger partial charge in [-0.1, -0.05) is 57.2 Å². The zero-order valence-corrected chi connectivity index (χ0v) is 15.5. The van der Waals surface area contributed by atoms with E-state index in [-0.39, 0.29) is 6.10 Å². The van der Waals surface area contributed by atoms with Crippen molar-refractivity contribution in [3.05, 3.63) is 48.6 Å². The largest absolute Gasteiger partial charge is 0.414 e. The van der Waals surface area contributed by atoms with Crippen LogP contribution < -0.4 is 0 Å². The van der Waals surface area contributed by atoms with Gasteiger partial charge < -0.3 is 9.16 Å². The fourth-order valence-corrected chi connectivity index (χ4v) is 5.66. The predicted octanol–water partition coefficient (Wildman–Crippen LogP) is 5.56. The van der Waals surface area contributed by atoms with Gasteiger partial charge in [-0.15, -0.1) is 6.58 Å². The average molecular weight is 321 g/mol. The van der Waals surface area contributed by atoms with Gasteiger partial charge in [0.1, 0.15) is 0 Å². The molecule has 0 heterocycles. The van der Waals surface area contributed by atoms with Crippen LogP contribution in [0.1, 0.15) is 39.2 Å². The van der Waals surface area contributed by atoms with E-state index >= 15 is 0 Å². The third-order valence-electron chi connectivity index (χ3n) is 4.47. The Labute approximate surface area is 137 Å². The Morgan fingerprint density at radius 2 is 1.73 bits per heavy atom. The van der Waals surface area contributed by atoms with Crippen LogP contribution in [0.15, 0.2) is 43.0 Å². The van der Waals surface area contributed by atoms with Crippen LogP contribution in [0, 0.1) is 0 Å². The third-order valence-corrected chi connectivity index (χ3v) is 9.17. The summed E-state index contributed by atoms with van der Waals surface area (Å²) in [4.78, 5) is 0. The molecule has 1 aromatic carbocycles. The first-order valence-corrected chi connectivity index (χ1v) is 11.1. The Morgan fingerprint density at radius 3 is 2.27 bits per heavy atom. The standard InChI is InChI=1S/C19H32O2Si/c1-5-12-19(21-22(6-2,7-3)8-4)15-16-20-17-18-13-10-9-11-14-18/h5,9-11,13-14,19H,1,6-8,12,15-17H2,2-4H3/t19-/m1/s1. The van der Waals surface area contributed by atoms with Gasteiger partial charge in [-0.05, 0) is 36.5 Å². The van der Waals surface area contributed by atoms with Crippen molar-refractivity contribution in [3.63, 3.8) is 0 Å². The lowest BCUT2D eigenvalue weighted by atomic mass is 10.2. The molecule has 0 saturated carbocycles. The lowest BCUT2D eigenvalue weighted by molar-refractivity contribution is 0.0794. The summed E-state index contributed by atoms with van der Waals surface area (Å²) in [6.07, 6.45) is 4.11. The smallest absolute Gasteiger partial charge is 0.192 e. The van der Waals surface area contributed by atoms with Gasteiger partial charge in [0.05, 0.1) is 12.7 Å². The van der Waals surface area contributed by atoms with Crippen LogP contribution in [0.25, 0.3) is 0 Å². The molecular weight excluding hydrogens is 288 g/mol. The fraction of sp³-hybridized carbons (Fsp3) is 0.579. The lowest BCUT2D eigenvalue weighted by Gasteiger charge is -2.33. The predicted molar refractivity (Wildman–Crippen MR) is 97.6 cm³/mol. The fourth-order valence-electron chi connectivity index (χ4n) is 2.74. The van der Waals surface area contributed by atoms with Crippen molar-refractivity contribution >= 4 is 8.32 Å². The molecule has 0 radical (unpaired) electrons. The van der Waals surface area contributed by atoms with Crippen LogP contribution in [0.4, 0.5) is 0 Å². The zero-order chi connectivity index (χ0) is 16.3. The maximum Gasteiger partial charge on any atom is 0.192 e. The van der Waals surface area contributed by atoms with Crippen LogP contribution in [0.3, 0.4) is 0 Å². The van der Waals surface area contributed by atoms with E-state index in [1.807, 2.05) is 24.3 Å². The van der Waals surface area contributed by atoms with E-state index in [0.29, 0.717) is 6.61 Å². The van der Waals surface area contributed by atoms with Crippen LogP contribution in [0.2, 0.25) is 18.1 Å². The van der Waals surface area contributed by atoms with Crippen molar-refractivity contribution in [1.29, 1.82) is 0 Å². The number of hydrogen-bond donors (Lipinski definition) is 0. The Bertz CT molecular complexity index is 393. The first-order chi connectivity index (χ1) is 10.7. The highest BCUT2D eigenvalue weighted by Crippen LogP contribution is 2.25. The molecule has 0 aromatic heterocycles. The highest BCUT2D eigenvalue weighted by molar-refractivity contribution is 6.73. The average Bonchev–Trinajstić information content (AvgIpc) is 2.57. The van der Waals surface area contributed by atoms with Gasteiger partial charge in [-0.2, -0.15) is 0 Å². The minimum absolute atomic E-state index is 0.264. The molecule has 22 heavy (non-hydrogen) atoms. The Morgan fingerprint density at radius 1 is 1.09 bits per heavy atom. The highest BCUT2D eigenvalue weighted by Gasteiger charge is 2.31. The topological polar surface area (TPSA) is 18.5 Å². The van der Waals surface area contributed by atoms with E-state index in [1.165, 1.54) is 23.7 Å². The van der Waals surface area contributed by atoms with Gasteiger partial charge in [-0.3, -0.25) is 0 Å². The first-order valence-electron chi connectivity index (χ1n) is 8.60. The molecule has 0 bridgehead atoms. The van der Waals surface area contributed by atoms with Crippen molar-refractivity contribution < 1.29 is 9.16 Å². The van der Waals surface area contributed by atoms with Gasteiger partial charge in [0, 0.05) is 6.61 Å². The highest BCUT2D eigenvalue weighted by atomic mass is 28.4. The Kier molecular flexibility index (Phi) is 9.36. The molecule has 1 atom stereocenters. The van der Waals surface area contributed by atoms with Crippen molar-refractivity contribution in [2.24, 2.45) is 0 Å². The molecule has 0 aliphatic carbocycles. The van der Waals surface area contributed by atoms with Gasteiger partial charge >= 0.3 is 0 Å². The van der Waals surface area contributed by atoms with E-state index in [2.05, 4.69) is 39.5 Å². The van der Waals surface area contributed by atoms with Gasteiger partial charge in [0.15, 0.2) is 8.32 Å². The van der Waals surface area contributed by atoms with Crippen LogP contribution in [0.5, 0.6) is 0 Å². The Balaban J connectivity index is 2.41. The number of hydrogen-bond acceptors (Lipinski definition) is 2. The first kappa shape index (κ1) is 19.1. The molecule has 0 fully saturated rings. The van der Waals surface area contributed by atoms with Crippen molar-refractivity contribution in [2.75, 3.05) is 6.61 Å². The summed E-state index contributed by atoms with van der Waals surface area (Å²) in [5, 5.41) is 0. The lowest BCUT2D eigenvalue weighted by Crippen LogP contribution is -2.40. The molecule has 3 heteroatoms. The van der Waals surface area contributed by atoms with Gasteiger partial charge in [0.2, 0.25) is 0 Å². The second-order valence-electron chi connectivity index (χ2n) is 5.83. The normalized spacial score (nSPS) is 13.0. The molecule has 0 unspecified atom stereocenters. The molecule has 0 aliphatic rings. The van der Waals surface area contributed by atoms with Gasteiger partial charge in [-0.25, -0.2) is 0 Å². The molecule has 124 valence electrons. The minimum atomic E-state index is -1.55. The van der Waals surface area contributed by atoms with Crippen molar-refractivity contribution in [1.82, 2.24) is 0 Å². The molecule has 0 spiro atoms. The summed E-state index contributed by atoms with van der Waals surface area (Å²) in [6, 6.07) is 13.9. The molecule has 0 amide bonds. The van der Waals surface area contributed by atoms with Crippen molar-refractivity contribution in [2.45, 2.75) is 64.5 Å². The van der Waals surface area contributed by atoms with Crippen molar-refractivity contribution in [3.8, 4) is 0 Å². The number of benzene rings is 1. The molecule has 1 aromatic rings. The molecule has 0 aliphatic heterocycles. The minimum Gasteiger partial charge on any atom is -0.414 e. The van der Waals surface area contributed by atoms with Gasteiger partial charge in [0.25, 0.3) is 0 Å². The van der Waals surface area contributed by atoms with E-state index in [9.17, 15) is 0 Å². The second kappa shape index (κ2) is 10.8. The molecule has 2 nitrogen and oxygen atoms in total. The third kappa shape index (κ3) is 6.47.